The zero-order chi connectivity index (χ0) is 16.3. The van der Waals surface area contributed by atoms with Crippen molar-refractivity contribution in [2.75, 3.05) is 30.3 Å². The van der Waals surface area contributed by atoms with E-state index in [0.717, 1.165) is 25.4 Å². The molecule has 2 rings (SSSR count). The van der Waals surface area contributed by atoms with Gasteiger partial charge in [0, 0.05) is 36.5 Å². The molecular weight excluding hydrogens is 292 g/mol. The van der Waals surface area contributed by atoms with Gasteiger partial charge in [0.05, 0.1) is 0 Å². The Bertz CT molecular complexity index is 503. The van der Waals surface area contributed by atoms with E-state index < -0.39 is 0 Å². The van der Waals surface area contributed by atoms with Gasteiger partial charge in [0.25, 0.3) is 0 Å². The van der Waals surface area contributed by atoms with Crippen LogP contribution in [-0.4, -0.2) is 36.2 Å². The summed E-state index contributed by atoms with van der Waals surface area (Å²) >= 11 is 1.87. The first-order valence-corrected chi connectivity index (χ1v) is 9.21. The SMILES string of the molecule is CCN(CC)c1ccc(C2SCCN2C(=O)C(C)(C)C)cc1. The molecule has 1 aliphatic heterocycles. The Morgan fingerprint density at radius 2 is 1.82 bits per heavy atom. The van der Waals surface area contributed by atoms with Crippen LogP contribution in [0.3, 0.4) is 0 Å². The molecule has 1 aromatic carbocycles. The second kappa shape index (κ2) is 6.95. The van der Waals surface area contributed by atoms with Gasteiger partial charge in [-0.15, -0.1) is 11.8 Å². The van der Waals surface area contributed by atoms with Crippen LogP contribution in [0.1, 0.15) is 45.6 Å². The smallest absolute Gasteiger partial charge is 0.229 e. The van der Waals surface area contributed by atoms with Crippen molar-refractivity contribution in [3.63, 3.8) is 0 Å². The summed E-state index contributed by atoms with van der Waals surface area (Å²) in [5, 5.41) is 0.164. The molecule has 3 nitrogen and oxygen atoms in total. The molecule has 1 aromatic rings. The van der Waals surface area contributed by atoms with Gasteiger partial charge in [-0.25, -0.2) is 0 Å². The number of amides is 1. The maximum Gasteiger partial charge on any atom is 0.229 e. The van der Waals surface area contributed by atoms with Gasteiger partial charge in [-0.05, 0) is 31.5 Å². The van der Waals surface area contributed by atoms with Crippen LogP contribution in [0.2, 0.25) is 0 Å². The van der Waals surface area contributed by atoms with E-state index in [1.165, 1.54) is 11.3 Å². The molecule has 1 saturated heterocycles. The summed E-state index contributed by atoms with van der Waals surface area (Å²) in [7, 11) is 0. The fourth-order valence-electron chi connectivity index (χ4n) is 2.82. The first-order chi connectivity index (χ1) is 10.4. The average molecular weight is 321 g/mol. The molecule has 0 N–H and O–H groups in total. The van der Waals surface area contributed by atoms with Gasteiger partial charge in [0.2, 0.25) is 5.91 Å². The van der Waals surface area contributed by atoms with Crippen LogP contribution in [0.25, 0.3) is 0 Å². The Morgan fingerprint density at radius 1 is 1.23 bits per heavy atom. The van der Waals surface area contributed by atoms with E-state index in [-0.39, 0.29) is 16.7 Å². The van der Waals surface area contributed by atoms with E-state index in [2.05, 4.69) is 43.0 Å². The molecule has 1 unspecified atom stereocenters. The number of carbonyl (C=O) groups excluding carboxylic acids is 1. The van der Waals surface area contributed by atoms with E-state index in [9.17, 15) is 4.79 Å². The number of anilines is 1. The minimum Gasteiger partial charge on any atom is -0.372 e. The van der Waals surface area contributed by atoms with Gasteiger partial charge in [0.15, 0.2) is 0 Å². The lowest BCUT2D eigenvalue weighted by atomic mass is 9.94. The van der Waals surface area contributed by atoms with Crippen molar-refractivity contribution in [3.8, 4) is 0 Å². The summed E-state index contributed by atoms with van der Waals surface area (Å²) < 4.78 is 0. The molecule has 0 saturated carbocycles. The van der Waals surface area contributed by atoms with E-state index in [0.29, 0.717) is 0 Å². The lowest BCUT2D eigenvalue weighted by Crippen LogP contribution is -2.38. The highest BCUT2D eigenvalue weighted by molar-refractivity contribution is 7.99. The van der Waals surface area contributed by atoms with Gasteiger partial charge in [-0.3, -0.25) is 4.79 Å². The van der Waals surface area contributed by atoms with E-state index in [4.69, 9.17) is 0 Å². The van der Waals surface area contributed by atoms with Crippen LogP contribution < -0.4 is 4.90 Å². The highest BCUT2D eigenvalue weighted by atomic mass is 32.2. The minimum atomic E-state index is -0.315. The average Bonchev–Trinajstić information content (AvgIpc) is 2.96. The number of rotatable bonds is 4. The Balaban J connectivity index is 2.18. The Hall–Kier alpha value is -1.16. The highest BCUT2D eigenvalue weighted by Gasteiger charge is 2.36. The monoisotopic (exact) mass is 320 g/mol. The summed E-state index contributed by atoms with van der Waals surface area (Å²) in [6, 6.07) is 8.72. The third kappa shape index (κ3) is 3.60. The summed E-state index contributed by atoms with van der Waals surface area (Å²) in [4.78, 5) is 17.0. The predicted octanol–water partition coefficient (Wildman–Crippen LogP) is 4.15. The lowest BCUT2D eigenvalue weighted by Gasteiger charge is -2.30. The second-order valence-corrected chi connectivity index (χ2v) is 7.92. The zero-order valence-corrected chi connectivity index (χ0v) is 15.2. The molecule has 0 radical (unpaired) electrons. The van der Waals surface area contributed by atoms with Crippen molar-refractivity contribution in [2.24, 2.45) is 5.41 Å². The standard InChI is InChI=1S/C18H28N2OS/c1-6-19(7-2)15-10-8-14(9-11-15)16-20(12-13-22-16)17(21)18(3,4)5/h8-11,16H,6-7,12-13H2,1-5H3. The maximum absolute atomic E-state index is 12.6. The summed E-state index contributed by atoms with van der Waals surface area (Å²) in [5.41, 5.74) is 2.17. The molecule has 0 aromatic heterocycles. The number of hydrogen-bond donors (Lipinski definition) is 0. The zero-order valence-electron chi connectivity index (χ0n) is 14.4. The van der Waals surface area contributed by atoms with Gasteiger partial charge in [0.1, 0.15) is 5.37 Å². The molecule has 0 spiro atoms. The third-order valence-electron chi connectivity index (χ3n) is 4.10. The van der Waals surface area contributed by atoms with Crippen molar-refractivity contribution in [3.05, 3.63) is 29.8 Å². The van der Waals surface area contributed by atoms with Gasteiger partial charge >= 0.3 is 0 Å². The van der Waals surface area contributed by atoms with Crippen LogP contribution in [-0.2, 0) is 4.79 Å². The van der Waals surface area contributed by atoms with E-state index >= 15 is 0 Å². The van der Waals surface area contributed by atoms with Crippen LogP contribution in [0.15, 0.2) is 24.3 Å². The van der Waals surface area contributed by atoms with E-state index in [1.807, 2.05) is 37.4 Å². The lowest BCUT2D eigenvalue weighted by molar-refractivity contribution is -0.139. The number of benzene rings is 1. The molecule has 1 aliphatic rings. The largest absolute Gasteiger partial charge is 0.372 e. The Labute approximate surface area is 139 Å². The highest BCUT2D eigenvalue weighted by Crippen LogP contribution is 2.40. The molecule has 1 amide bonds. The number of thioether (sulfide) groups is 1. The normalized spacial score (nSPS) is 18.6. The molecule has 122 valence electrons. The number of hydrogen-bond acceptors (Lipinski definition) is 3. The Morgan fingerprint density at radius 3 is 2.32 bits per heavy atom. The Kier molecular flexibility index (Phi) is 5.43. The van der Waals surface area contributed by atoms with Gasteiger partial charge < -0.3 is 9.80 Å². The maximum atomic E-state index is 12.6. The van der Waals surface area contributed by atoms with E-state index in [1.54, 1.807) is 0 Å². The molecule has 4 heteroatoms. The van der Waals surface area contributed by atoms with Crippen molar-refractivity contribution in [1.82, 2.24) is 4.90 Å². The van der Waals surface area contributed by atoms with Crippen LogP contribution in [0.5, 0.6) is 0 Å². The summed E-state index contributed by atoms with van der Waals surface area (Å²) in [6.45, 7) is 13.2. The van der Waals surface area contributed by atoms with Crippen molar-refractivity contribution in [1.29, 1.82) is 0 Å². The van der Waals surface area contributed by atoms with Crippen molar-refractivity contribution >= 4 is 23.4 Å². The molecule has 1 heterocycles. The molecule has 22 heavy (non-hydrogen) atoms. The number of carbonyl (C=O) groups is 1. The summed E-state index contributed by atoms with van der Waals surface area (Å²) in [5.74, 6) is 1.26. The fraction of sp³-hybridized carbons (Fsp3) is 0.611. The third-order valence-corrected chi connectivity index (χ3v) is 5.36. The summed E-state index contributed by atoms with van der Waals surface area (Å²) in [6.07, 6.45) is 0. The molecule has 0 bridgehead atoms. The van der Waals surface area contributed by atoms with Crippen LogP contribution >= 0.6 is 11.8 Å². The number of nitrogens with zero attached hydrogens (tertiary/aromatic N) is 2. The molecule has 0 aliphatic carbocycles. The first-order valence-electron chi connectivity index (χ1n) is 8.16. The molecule has 1 fully saturated rings. The molecule has 1 atom stereocenters. The quantitative estimate of drug-likeness (QED) is 0.832. The predicted molar refractivity (Wildman–Crippen MR) is 96.4 cm³/mol. The fourth-order valence-corrected chi connectivity index (χ4v) is 4.08. The first kappa shape index (κ1) is 17.2. The van der Waals surface area contributed by atoms with Crippen molar-refractivity contribution in [2.45, 2.75) is 40.0 Å². The van der Waals surface area contributed by atoms with Crippen LogP contribution in [0.4, 0.5) is 5.69 Å². The topological polar surface area (TPSA) is 23.6 Å². The molecular formula is C18H28N2OS. The second-order valence-electron chi connectivity index (χ2n) is 6.74. The van der Waals surface area contributed by atoms with Gasteiger partial charge in [-0.1, -0.05) is 32.9 Å². The van der Waals surface area contributed by atoms with Crippen LogP contribution in [0, 0.1) is 5.41 Å². The van der Waals surface area contributed by atoms with Crippen molar-refractivity contribution < 1.29 is 4.79 Å². The van der Waals surface area contributed by atoms with Gasteiger partial charge in [-0.2, -0.15) is 0 Å². The minimum absolute atomic E-state index is 0.164.